The molecule has 8 aromatic carbocycles. The molecule has 77 heavy (non-hydrogen) atoms. The number of fused-ring (bicyclic) bond motifs is 10. The Kier molecular flexibility index (Phi) is 10.5. The Hall–Kier alpha value is -6.56. The van der Waals surface area contributed by atoms with E-state index in [4.69, 9.17) is 0 Å². The van der Waals surface area contributed by atoms with Crippen LogP contribution in [-0.2, 0) is 32.5 Å². The Labute approximate surface area is 463 Å². The number of para-hydroxylation sites is 2. The molecule has 0 radical (unpaired) electrons. The molecule has 14 rings (SSSR count). The first-order valence-corrected chi connectivity index (χ1v) is 29.6. The molecule has 1 aromatic heterocycles. The van der Waals surface area contributed by atoms with E-state index < -0.39 is 0 Å². The Morgan fingerprint density at radius 2 is 0.805 bits per heavy atom. The topological polar surface area (TPSA) is 9.72 Å². The van der Waals surface area contributed by atoms with E-state index in [2.05, 4.69) is 256 Å². The van der Waals surface area contributed by atoms with Crippen molar-refractivity contribution in [3.8, 4) is 0 Å². The van der Waals surface area contributed by atoms with Gasteiger partial charge in [-0.25, -0.2) is 0 Å². The summed E-state index contributed by atoms with van der Waals surface area (Å²) >= 11 is 1.92. The molecular formula is C72H74BN3S. The number of thiophene rings is 1. The van der Waals surface area contributed by atoms with Gasteiger partial charge in [-0.05, 0) is 200 Å². The van der Waals surface area contributed by atoms with Crippen LogP contribution in [0.4, 0.5) is 51.2 Å². The van der Waals surface area contributed by atoms with Gasteiger partial charge in [-0.3, -0.25) is 0 Å². The molecule has 0 saturated heterocycles. The highest BCUT2D eigenvalue weighted by molar-refractivity contribution is 7.26. The summed E-state index contributed by atoms with van der Waals surface area (Å²) in [6, 6.07) is 61.9. The van der Waals surface area contributed by atoms with Crippen LogP contribution in [0.25, 0.3) is 20.2 Å². The average molecular weight is 1020 g/mol. The molecule has 3 nitrogen and oxygen atoms in total. The van der Waals surface area contributed by atoms with Crippen LogP contribution in [-0.4, -0.2) is 6.71 Å². The summed E-state index contributed by atoms with van der Waals surface area (Å²) in [4.78, 5) is 7.99. The van der Waals surface area contributed by atoms with Gasteiger partial charge >= 0.3 is 0 Å². The number of hydrogen-bond donors (Lipinski definition) is 0. The normalized spacial score (nSPS) is 19.4. The second-order valence-corrected chi connectivity index (χ2v) is 28.8. The molecule has 5 aliphatic rings. The van der Waals surface area contributed by atoms with Crippen LogP contribution in [0, 0.1) is 0 Å². The first-order chi connectivity index (χ1) is 36.6. The Bertz CT molecular complexity index is 3870. The number of nitrogens with zero attached hydrogens (tertiary/aromatic N) is 3. The standard InChI is InChI=1S/C72H74BN3S/c1-67(2)32-33-68(3,4)51-38-47(30-31-50(51)67)75-59-43-54-52(69(5,6)34-36-71(54,9)10)41-56(59)73-57-42-53-55(72(11,12)37-35-70(53,7)8)44-60(57)76(58-27-21-29-64-65(58)49-26-19-20-28-63(49)77-64)62-40-48(39-61(75)66(62)73)74(45-22-15-13-16-23-45)46-24-17-14-18-25-46/h13-31,38-44H,32-37H2,1-12H3. The zero-order chi connectivity index (χ0) is 53.3. The molecule has 0 saturated carbocycles. The lowest BCUT2D eigenvalue weighted by Crippen LogP contribution is -2.62. The molecule has 0 spiro atoms. The molecule has 9 aromatic rings. The molecule has 2 aliphatic heterocycles. The van der Waals surface area contributed by atoms with E-state index in [1.54, 1.807) is 0 Å². The van der Waals surface area contributed by atoms with Crippen LogP contribution in [0.3, 0.4) is 0 Å². The second kappa shape index (κ2) is 16.5. The van der Waals surface area contributed by atoms with Crippen molar-refractivity contribution in [2.24, 2.45) is 0 Å². The van der Waals surface area contributed by atoms with Crippen molar-refractivity contribution < 1.29 is 0 Å². The molecule has 0 unspecified atom stereocenters. The number of benzene rings is 8. The van der Waals surface area contributed by atoms with Gasteiger partial charge in [-0.1, -0.05) is 162 Å². The van der Waals surface area contributed by atoms with Crippen LogP contribution >= 0.6 is 11.3 Å². The van der Waals surface area contributed by atoms with E-state index in [9.17, 15) is 0 Å². The minimum absolute atomic E-state index is 0.00207. The van der Waals surface area contributed by atoms with Crippen molar-refractivity contribution in [2.75, 3.05) is 14.7 Å². The first kappa shape index (κ1) is 48.8. The predicted octanol–water partition coefficient (Wildman–Crippen LogP) is 18.7. The SMILES string of the molecule is CC1(C)CCC(C)(C)c2cc(N3c4cc5c(cc4B4c6cc7c(cc6N(c6cccc8sc9ccccc9c68)c6cc(N(c8ccccc8)c8ccccc8)cc3c64)C(C)(C)CCC7(C)C)C(C)(C)CCC5(C)C)ccc21. The van der Waals surface area contributed by atoms with Crippen molar-refractivity contribution in [3.63, 3.8) is 0 Å². The average Bonchev–Trinajstić information content (AvgIpc) is 3.70. The minimum atomic E-state index is -0.0304. The third kappa shape index (κ3) is 7.27. The number of anilines is 9. The summed E-state index contributed by atoms with van der Waals surface area (Å²) in [7, 11) is 0. The highest BCUT2D eigenvalue weighted by atomic mass is 32.1. The zero-order valence-corrected chi connectivity index (χ0v) is 48.4. The van der Waals surface area contributed by atoms with E-state index in [1.807, 2.05) is 11.3 Å². The number of hydrogen-bond acceptors (Lipinski definition) is 4. The molecule has 0 N–H and O–H groups in total. The predicted molar refractivity (Wildman–Crippen MR) is 334 cm³/mol. The molecule has 0 bridgehead atoms. The first-order valence-electron chi connectivity index (χ1n) is 28.8. The van der Waals surface area contributed by atoms with Crippen LogP contribution in [0.1, 0.15) is 155 Å². The van der Waals surface area contributed by atoms with Gasteiger partial charge < -0.3 is 14.7 Å². The largest absolute Gasteiger partial charge is 0.311 e. The summed E-state index contributed by atoms with van der Waals surface area (Å²) in [6.45, 7) is 29.9. The van der Waals surface area contributed by atoms with Gasteiger partial charge in [-0.15, -0.1) is 11.3 Å². The Morgan fingerprint density at radius 3 is 1.35 bits per heavy atom. The van der Waals surface area contributed by atoms with Crippen LogP contribution in [0.15, 0.2) is 158 Å². The Morgan fingerprint density at radius 1 is 0.364 bits per heavy atom. The van der Waals surface area contributed by atoms with Crippen molar-refractivity contribution in [1.82, 2.24) is 0 Å². The monoisotopic (exact) mass is 1020 g/mol. The van der Waals surface area contributed by atoms with Gasteiger partial charge in [0.05, 0.1) is 11.4 Å². The molecule has 3 heterocycles. The molecule has 0 fully saturated rings. The molecule has 5 heteroatoms. The van der Waals surface area contributed by atoms with Crippen LogP contribution in [0.5, 0.6) is 0 Å². The number of rotatable bonds is 5. The third-order valence-electron chi connectivity index (χ3n) is 20.0. The van der Waals surface area contributed by atoms with Gasteiger partial charge in [0.2, 0.25) is 0 Å². The summed E-state index contributed by atoms with van der Waals surface area (Å²) < 4.78 is 2.64. The highest BCUT2D eigenvalue weighted by Gasteiger charge is 2.50. The van der Waals surface area contributed by atoms with Gasteiger partial charge in [0.25, 0.3) is 6.71 Å². The van der Waals surface area contributed by atoms with Crippen molar-refractivity contribution >= 4 is 106 Å². The van der Waals surface area contributed by atoms with Crippen LogP contribution in [0.2, 0.25) is 0 Å². The van der Waals surface area contributed by atoms with Crippen molar-refractivity contribution in [3.05, 3.63) is 191 Å². The van der Waals surface area contributed by atoms with E-state index in [0.717, 1.165) is 49.2 Å². The fraction of sp³-hybridized carbons (Fsp3) is 0.333. The molecule has 386 valence electrons. The Balaban J connectivity index is 1.18. The van der Waals surface area contributed by atoms with Gasteiger partial charge in [0, 0.05) is 60.0 Å². The summed E-state index contributed by atoms with van der Waals surface area (Å²) in [5, 5.41) is 2.64. The maximum Gasteiger partial charge on any atom is 0.252 e. The molecule has 3 aliphatic carbocycles. The van der Waals surface area contributed by atoms with E-state index in [-0.39, 0.29) is 39.2 Å². The summed E-state index contributed by atoms with van der Waals surface area (Å²) in [5.41, 5.74) is 24.3. The lowest BCUT2D eigenvalue weighted by molar-refractivity contribution is 0.332. The van der Waals surface area contributed by atoms with Crippen molar-refractivity contribution in [1.29, 1.82) is 0 Å². The fourth-order valence-electron chi connectivity index (χ4n) is 15.0. The highest BCUT2D eigenvalue weighted by Crippen LogP contribution is 2.56. The maximum absolute atomic E-state index is 2.74. The van der Waals surface area contributed by atoms with Crippen molar-refractivity contribution in [2.45, 2.75) is 154 Å². The van der Waals surface area contributed by atoms with E-state index in [0.29, 0.717) is 0 Å². The smallest absolute Gasteiger partial charge is 0.252 e. The second-order valence-electron chi connectivity index (χ2n) is 27.7. The minimum Gasteiger partial charge on any atom is -0.311 e. The molecule has 0 amide bonds. The fourth-order valence-corrected chi connectivity index (χ4v) is 16.2. The van der Waals surface area contributed by atoms with E-state index in [1.165, 1.54) is 110 Å². The molecular weight excluding hydrogens is 950 g/mol. The zero-order valence-electron chi connectivity index (χ0n) is 47.6. The molecule has 0 atom stereocenters. The third-order valence-corrected chi connectivity index (χ3v) is 21.1. The quantitative estimate of drug-likeness (QED) is 0.159. The van der Waals surface area contributed by atoms with Crippen LogP contribution < -0.4 is 31.1 Å². The van der Waals surface area contributed by atoms with Gasteiger partial charge in [0.1, 0.15) is 0 Å². The van der Waals surface area contributed by atoms with E-state index >= 15 is 0 Å². The summed E-state index contributed by atoms with van der Waals surface area (Å²) in [6.07, 6.45) is 6.97. The lowest BCUT2D eigenvalue weighted by Gasteiger charge is -2.49. The summed E-state index contributed by atoms with van der Waals surface area (Å²) in [5.74, 6) is 0. The maximum atomic E-state index is 2.74. The van der Waals surface area contributed by atoms with Gasteiger partial charge in [-0.2, -0.15) is 0 Å². The van der Waals surface area contributed by atoms with Gasteiger partial charge in [0.15, 0.2) is 0 Å². The lowest BCUT2D eigenvalue weighted by atomic mass is 9.32.